The largest absolute Gasteiger partial charge is 0.352 e. The van der Waals surface area contributed by atoms with Crippen molar-refractivity contribution in [2.75, 3.05) is 4.90 Å². The van der Waals surface area contributed by atoms with Crippen LogP contribution in [0.3, 0.4) is 0 Å². The van der Waals surface area contributed by atoms with E-state index < -0.39 is 0 Å². The summed E-state index contributed by atoms with van der Waals surface area (Å²) in [4.78, 5) is 27.5. The molecule has 170 valence electrons. The average molecular weight is 449 g/mol. The summed E-state index contributed by atoms with van der Waals surface area (Å²) in [7, 11) is 0. The molecule has 0 spiro atoms. The molecule has 0 aliphatic heterocycles. The number of hydrogen-bond acceptors (Lipinski definition) is 2. The maximum atomic E-state index is 13.3. The number of aryl methyl sites for hydroxylation is 1. The summed E-state index contributed by atoms with van der Waals surface area (Å²) in [6, 6.07) is 35.0. The van der Waals surface area contributed by atoms with Gasteiger partial charge in [-0.25, -0.2) is 0 Å². The second-order valence-corrected chi connectivity index (χ2v) is 8.35. The molecule has 0 atom stereocenters. The molecule has 4 aromatic rings. The minimum absolute atomic E-state index is 0.0317. The molecule has 0 radical (unpaired) electrons. The maximum absolute atomic E-state index is 13.3. The minimum Gasteiger partial charge on any atom is -0.352 e. The molecule has 4 aromatic carbocycles. The van der Waals surface area contributed by atoms with E-state index in [2.05, 4.69) is 11.4 Å². The molecule has 0 aliphatic rings. The first-order valence-electron chi connectivity index (χ1n) is 11.4. The van der Waals surface area contributed by atoms with E-state index in [9.17, 15) is 9.59 Å². The SMILES string of the molecule is Cc1cccc(CNC(=O)Cc2ccc(N(Cc3ccccc3)C(=O)c3ccccc3)cc2)c1. The van der Waals surface area contributed by atoms with E-state index in [1.807, 2.05) is 110 Å². The standard InChI is InChI=1S/C30H28N2O2/c1-23-9-8-12-26(19-23)21-31-29(33)20-24-15-17-28(18-16-24)32(22-25-10-4-2-5-11-25)30(34)27-13-6-3-7-14-27/h2-19H,20-22H2,1H3,(H,31,33). The van der Waals surface area contributed by atoms with Crippen LogP contribution in [-0.2, 0) is 24.3 Å². The topological polar surface area (TPSA) is 49.4 Å². The van der Waals surface area contributed by atoms with Crippen molar-refractivity contribution >= 4 is 17.5 Å². The van der Waals surface area contributed by atoms with Gasteiger partial charge in [-0.1, -0.05) is 90.5 Å². The van der Waals surface area contributed by atoms with Gasteiger partial charge >= 0.3 is 0 Å². The highest BCUT2D eigenvalue weighted by molar-refractivity contribution is 6.06. The Balaban J connectivity index is 1.46. The Morgan fingerprint density at radius 1 is 0.706 bits per heavy atom. The van der Waals surface area contributed by atoms with Crippen molar-refractivity contribution in [2.45, 2.75) is 26.4 Å². The van der Waals surface area contributed by atoms with Gasteiger partial charge in [0, 0.05) is 17.8 Å². The number of anilines is 1. The lowest BCUT2D eigenvalue weighted by atomic mass is 10.1. The van der Waals surface area contributed by atoms with Crippen LogP contribution in [0.15, 0.2) is 109 Å². The lowest BCUT2D eigenvalue weighted by Gasteiger charge is -2.23. The van der Waals surface area contributed by atoms with Crippen molar-refractivity contribution in [1.29, 1.82) is 0 Å². The fourth-order valence-corrected chi connectivity index (χ4v) is 3.85. The Morgan fingerprint density at radius 3 is 2.03 bits per heavy atom. The number of benzene rings is 4. The highest BCUT2D eigenvalue weighted by atomic mass is 16.2. The maximum Gasteiger partial charge on any atom is 0.258 e. The average Bonchev–Trinajstić information content (AvgIpc) is 2.87. The van der Waals surface area contributed by atoms with Crippen molar-refractivity contribution in [3.05, 3.63) is 137 Å². The molecular formula is C30H28N2O2. The van der Waals surface area contributed by atoms with E-state index in [4.69, 9.17) is 0 Å². The van der Waals surface area contributed by atoms with Gasteiger partial charge in [0.15, 0.2) is 0 Å². The summed E-state index contributed by atoms with van der Waals surface area (Å²) in [5.41, 5.74) is 5.63. The van der Waals surface area contributed by atoms with Gasteiger partial charge in [-0.3, -0.25) is 9.59 Å². The molecule has 4 rings (SSSR count). The third-order valence-electron chi connectivity index (χ3n) is 5.63. The zero-order valence-corrected chi connectivity index (χ0v) is 19.3. The van der Waals surface area contributed by atoms with Gasteiger partial charge in [-0.2, -0.15) is 0 Å². The Bertz CT molecular complexity index is 1240. The summed E-state index contributed by atoms with van der Waals surface area (Å²) in [5, 5.41) is 2.98. The van der Waals surface area contributed by atoms with Crippen LogP contribution in [0.2, 0.25) is 0 Å². The smallest absolute Gasteiger partial charge is 0.258 e. The molecule has 0 aliphatic carbocycles. The second kappa shape index (κ2) is 11.1. The first-order chi connectivity index (χ1) is 16.6. The van der Waals surface area contributed by atoms with Gasteiger partial charge in [0.2, 0.25) is 5.91 Å². The second-order valence-electron chi connectivity index (χ2n) is 8.35. The van der Waals surface area contributed by atoms with E-state index in [1.54, 1.807) is 4.90 Å². The third kappa shape index (κ3) is 6.20. The van der Waals surface area contributed by atoms with Crippen LogP contribution in [0.4, 0.5) is 5.69 Å². The number of carbonyl (C=O) groups is 2. The van der Waals surface area contributed by atoms with Gasteiger partial charge in [0.1, 0.15) is 0 Å². The molecule has 0 heterocycles. The zero-order valence-electron chi connectivity index (χ0n) is 19.3. The Morgan fingerprint density at radius 2 is 1.35 bits per heavy atom. The molecule has 0 unspecified atom stereocenters. The molecule has 0 aromatic heterocycles. The summed E-state index contributed by atoms with van der Waals surface area (Å²) in [5.74, 6) is -0.0936. The van der Waals surface area contributed by atoms with Crippen LogP contribution >= 0.6 is 0 Å². The lowest BCUT2D eigenvalue weighted by molar-refractivity contribution is -0.120. The molecule has 1 N–H and O–H groups in total. The molecule has 4 heteroatoms. The van der Waals surface area contributed by atoms with Gasteiger partial charge in [0.25, 0.3) is 5.91 Å². The lowest BCUT2D eigenvalue weighted by Crippen LogP contribution is -2.30. The Hall–Kier alpha value is -4.18. The predicted molar refractivity (Wildman–Crippen MR) is 137 cm³/mol. The number of nitrogens with zero attached hydrogens (tertiary/aromatic N) is 1. The molecule has 0 fully saturated rings. The van der Waals surface area contributed by atoms with Gasteiger partial charge in [0.05, 0.1) is 13.0 Å². The Labute approximate surface area is 200 Å². The fourth-order valence-electron chi connectivity index (χ4n) is 3.85. The summed E-state index contributed by atoms with van der Waals surface area (Å²) in [6.07, 6.45) is 0.289. The van der Waals surface area contributed by atoms with Crippen LogP contribution in [0.25, 0.3) is 0 Å². The molecule has 0 saturated carbocycles. The summed E-state index contributed by atoms with van der Waals surface area (Å²) < 4.78 is 0. The number of rotatable bonds is 8. The highest BCUT2D eigenvalue weighted by Gasteiger charge is 2.18. The van der Waals surface area contributed by atoms with E-state index in [0.717, 1.165) is 22.4 Å². The van der Waals surface area contributed by atoms with E-state index >= 15 is 0 Å². The van der Waals surface area contributed by atoms with Crippen LogP contribution in [0.1, 0.15) is 32.6 Å². The van der Waals surface area contributed by atoms with E-state index in [1.165, 1.54) is 5.56 Å². The van der Waals surface area contributed by atoms with Gasteiger partial charge in [-0.05, 0) is 47.9 Å². The summed E-state index contributed by atoms with van der Waals surface area (Å²) in [6.45, 7) is 3.01. The Kier molecular flexibility index (Phi) is 7.51. The molecule has 0 bridgehead atoms. The molecule has 0 saturated heterocycles. The number of nitrogens with one attached hydrogen (secondary N) is 1. The quantitative estimate of drug-likeness (QED) is 0.376. The first kappa shape index (κ1) is 23.0. The monoisotopic (exact) mass is 448 g/mol. The normalized spacial score (nSPS) is 10.5. The van der Waals surface area contributed by atoms with Crippen molar-refractivity contribution in [3.63, 3.8) is 0 Å². The van der Waals surface area contributed by atoms with Crippen molar-refractivity contribution in [1.82, 2.24) is 5.32 Å². The van der Waals surface area contributed by atoms with Crippen molar-refractivity contribution in [3.8, 4) is 0 Å². The fraction of sp³-hybridized carbons (Fsp3) is 0.133. The molecule has 2 amide bonds. The van der Waals surface area contributed by atoms with Crippen molar-refractivity contribution in [2.24, 2.45) is 0 Å². The number of carbonyl (C=O) groups excluding carboxylic acids is 2. The third-order valence-corrected chi connectivity index (χ3v) is 5.63. The van der Waals surface area contributed by atoms with Crippen LogP contribution in [-0.4, -0.2) is 11.8 Å². The zero-order chi connectivity index (χ0) is 23.8. The van der Waals surface area contributed by atoms with Crippen LogP contribution in [0.5, 0.6) is 0 Å². The van der Waals surface area contributed by atoms with Crippen molar-refractivity contribution < 1.29 is 9.59 Å². The number of hydrogen-bond donors (Lipinski definition) is 1. The van der Waals surface area contributed by atoms with Crippen LogP contribution in [0, 0.1) is 6.92 Å². The molecule has 4 nitrogen and oxygen atoms in total. The first-order valence-corrected chi connectivity index (χ1v) is 11.4. The minimum atomic E-state index is -0.0619. The predicted octanol–water partition coefficient (Wildman–Crippen LogP) is 5.70. The van der Waals surface area contributed by atoms with E-state index in [0.29, 0.717) is 18.7 Å². The van der Waals surface area contributed by atoms with E-state index in [-0.39, 0.29) is 18.2 Å². The molecule has 34 heavy (non-hydrogen) atoms. The molecular weight excluding hydrogens is 420 g/mol. The summed E-state index contributed by atoms with van der Waals surface area (Å²) >= 11 is 0. The highest BCUT2D eigenvalue weighted by Crippen LogP contribution is 2.21. The van der Waals surface area contributed by atoms with Gasteiger partial charge in [-0.15, -0.1) is 0 Å². The number of amides is 2. The van der Waals surface area contributed by atoms with Gasteiger partial charge < -0.3 is 10.2 Å². The van der Waals surface area contributed by atoms with Crippen LogP contribution < -0.4 is 10.2 Å².